The van der Waals surface area contributed by atoms with E-state index in [4.69, 9.17) is 4.74 Å². The maximum Gasteiger partial charge on any atom is 0.231 e. The molecule has 25 heavy (non-hydrogen) atoms. The highest BCUT2D eigenvalue weighted by atomic mass is 16.5. The van der Waals surface area contributed by atoms with Crippen molar-refractivity contribution in [2.75, 3.05) is 6.61 Å². The molecule has 2 aromatic carbocycles. The lowest BCUT2D eigenvalue weighted by molar-refractivity contribution is -0.130. The van der Waals surface area contributed by atoms with E-state index in [1.807, 2.05) is 43.3 Å². The molecule has 4 rings (SSSR count). The van der Waals surface area contributed by atoms with Crippen molar-refractivity contribution in [2.45, 2.75) is 37.6 Å². The Hall–Kier alpha value is -2.62. The fraction of sp³-hybridized carbons (Fsp3) is 0.333. The van der Waals surface area contributed by atoms with Gasteiger partial charge < -0.3 is 10.1 Å². The molecule has 1 N–H and O–H groups in total. The minimum atomic E-state index is -0.621. The second-order valence-corrected chi connectivity index (χ2v) is 6.95. The van der Waals surface area contributed by atoms with E-state index in [2.05, 4.69) is 5.32 Å². The van der Waals surface area contributed by atoms with Gasteiger partial charge in [-0.1, -0.05) is 42.8 Å². The van der Waals surface area contributed by atoms with Crippen LogP contribution in [0.4, 0.5) is 0 Å². The van der Waals surface area contributed by atoms with Gasteiger partial charge in [0.1, 0.15) is 18.4 Å². The van der Waals surface area contributed by atoms with Crippen molar-refractivity contribution in [3.63, 3.8) is 0 Å². The number of para-hydroxylation sites is 1. The molecular formula is C21H21NO3. The number of nitrogens with one attached hydrogen (secondary N) is 1. The molecule has 2 aliphatic rings. The monoisotopic (exact) mass is 335 g/mol. The summed E-state index contributed by atoms with van der Waals surface area (Å²) in [7, 11) is 0. The van der Waals surface area contributed by atoms with Gasteiger partial charge in [0.25, 0.3) is 0 Å². The van der Waals surface area contributed by atoms with E-state index in [-0.39, 0.29) is 18.3 Å². The number of benzene rings is 2. The number of fused-ring (bicyclic) bond motifs is 1. The molecule has 2 aromatic rings. The highest BCUT2D eigenvalue weighted by Crippen LogP contribution is 2.45. The van der Waals surface area contributed by atoms with Gasteiger partial charge >= 0.3 is 0 Å². The Morgan fingerprint density at radius 2 is 1.84 bits per heavy atom. The molecule has 1 aliphatic heterocycles. The first kappa shape index (κ1) is 15.9. The molecule has 0 bridgehead atoms. The average molecular weight is 335 g/mol. The van der Waals surface area contributed by atoms with E-state index in [9.17, 15) is 9.59 Å². The number of Topliss-reactive ketones (excluding diaryl/α,β-unsaturated/α-hetero) is 1. The van der Waals surface area contributed by atoms with Crippen molar-refractivity contribution in [1.29, 1.82) is 0 Å². The van der Waals surface area contributed by atoms with Crippen molar-refractivity contribution >= 4 is 11.7 Å². The van der Waals surface area contributed by atoms with Crippen LogP contribution in [0.5, 0.6) is 5.75 Å². The summed E-state index contributed by atoms with van der Waals surface area (Å²) < 4.78 is 5.67. The molecule has 1 aliphatic carbocycles. The van der Waals surface area contributed by atoms with Gasteiger partial charge in [-0.15, -0.1) is 0 Å². The number of ether oxygens (including phenoxy) is 1. The normalized spacial score (nSPS) is 20.8. The van der Waals surface area contributed by atoms with E-state index >= 15 is 0 Å². The van der Waals surface area contributed by atoms with Crippen molar-refractivity contribution in [3.05, 3.63) is 65.2 Å². The fourth-order valence-electron chi connectivity index (χ4n) is 3.90. The van der Waals surface area contributed by atoms with Crippen LogP contribution in [0.2, 0.25) is 0 Å². The topological polar surface area (TPSA) is 55.4 Å². The lowest BCUT2D eigenvalue weighted by Gasteiger charge is -2.42. The Labute approximate surface area is 147 Å². The molecule has 0 radical (unpaired) electrons. The molecule has 4 nitrogen and oxygen atoms in total. The van der Waals surface area contributed by atoms with Crippen molar-refractivity contribution in [1.82, 2.24) is 5.32 Å². The Morgan fingerprint density at radius 3 is 2.56 bits per heavy atom. The standard InChI is InChI=1S/C21H21NO3/c1-14-7-2-4-9-16(14)21(11-6-12-21)20(24)22-17-13-25-18-10-5-3-8-15(18)19(17)23/h2-5,7-10,17H,6,11-13H2,1H3,(H,22,24). The number of amides is 1. The highest BCUT2D eigenvalue weighted by molar-refractivity contribution is 6.05. The zero-order chi connectivity index (χ0) is 17.4. The summed E-state index contributed by atoms with van der Waals surface area (Å²) in [5.41, 5.74) is 2.22. The fourth-order valence-corrected chi connectivity index (χ4v) is 3.90. The lowest BCUT2D eigenvalue weighted by Crippen LogP contribution is -2.56. The Morgan fingerprint density at radius 1 is 1.12 bits per heavy atom. The molecule has 0 spiro atoms. The van der Waals surface area contributed by atoms with Crippen molar-refractivity contribution in [3.8, 4) is 5.75 Å². The first-order chi connectivity index (χ1) is 12.1. The summed E-state index contributed by atoms with van der Waals surface area (Å²) in [6.07, 6.45) is 2.67. The largest absolute Gasteiger partial charge is 0.490 e. The Kier molecular flexibility index (Phi) is 3.83. The highest BCUT2D eigenvalue weighted by Gasteiger charge is 2.47. The maximum atomic E-state index is 13.1. The quantitative estimate of drug-likeness (QED) is 0.937. The molecule has 4 heteroatoms. The summed E-state index contributed by atoms with van der Waals surface area (Å²) in [6, 6.07) is 14.6. The second-order valence-electron chi connectivity index (χ2n) is 6.95. The number of hydrogen-bond donors (Lipinski definition) is 1. The van der Waals surface area contributed by atoms with Crippen LogP contribution in [-0.4, -0.2) is 24.3 Å². The maximum absolute atomic E-state index is 13.1. The molecule has 1 heterocycles. The summed E-state index contributed by atoms with van der Waals surface area (Å²) in [5.74, 6) is 0.457. The molecule has 1 amide bonds. The first-order valence-corrected chi connectivity index (χ1v) is 8.75. The van der Waals surface area contributed by atoms with Crippen LogP contribution in [0.15, 0.2) is 48.5 Å². The molecular weight excluding hydrogens is 314 g/mol. The number of carbonyl (C=O) groups excluding carboxylic acids is 2. The number of hydrogen-bond acceptors (Lipinski definition) is 3. The van der Waals surface area contributed by atoms with Crippen LogP contribution < -0.4 is 10.1 Å². The smallest absolute Gasteiger partial charge is 0.231 e. The van der Waals surface area contributed by atoms with Crippen LogP contribution in [0.25, 0.3) is 0 Å². The third-order valence-corrected chi connectivity index (χ3v) is 5.48. The average Bonchev–Trinajstić information content (AvgIpc) is 2.58. The van der Waals surface area contributed by atoms with Gasteiger partial charge in [0.2, 0.25) is 5.91 Å². The van der Waals surface area contributed by atoms with Crippen molar-refractivity contribution in [2.24, 2.45) is 0 Å². The zero-order valence-corrected chi connectivity index (χ0v) is 14.2. The van der Waals surface area contributed by atoms with Gasteiger partial charge in [0.05, 0.1) is 11.0 Å². The summed E-state index contributed by atoms with van der Waals surface area (Å²) >= 11 is 0. The van der Waals surface area contributed by atoms with Gasteiger partial charge in [-0.25, -0.2) is 0 Å². The van der Waals surface area contributed by atoms with E-state index in [0.29, 0.717) is 11.3 Å². The zero-order valence-electron chi connectivity index (χ0n) is 14.2. The SMILES string of the molecule is Cc1ccccc1C1(C(=O)NC2COc3ccccc3C2=O)CCC1. The lowest BCUT2D eigenvalue weighted by atomic mass is 9.62. The summed E-state index contributed by atoms with van der Waals surface area (Å²) in [5, 5.41) is 2.96. The van der Waals surface area contributed by atoms with E-state index in [0.717, 1.165) is 30.4 Å². The van der Waals surface area contributed by atoms with Crippen LogP contribution >= 0.6 is 0 Å². The number of aryl methyl sites for hydroxylation is 1. The third kappa shape index (κ3) is 2.53. The predicted molar refractivity (Wildman–Crippen MR) is 94.9 cm³/mol. The Balaban J connectivity index is 1.58. The van der Waals surface area contributed by atoms with E-state index < -0.39 is 11.5 Å². The second kappa shape index (κ2) is 6.03. The molecule has 0 aromatic heterocycles. The van der Waals surface area contributed by atoms with E-state index in [1.165, 1.54) is 0 Å². The first-order valence-electron chi connectivity index (χ1n) is 8.75. The minimum absolute atomic E-state index is 0.0608. The van der Waals surface area contributed by atoms with Crippen LogP contribution in [0.1, 0.15) is 40.7 Å². The van der Waals surface area contributed by atoms with Crippen LogP contribution in [0.3, 0.4) is 0 Å². The predicted octanol–water partition coefficient (Wildman–Crippen LogP) is 3.18. The Bertz CT molecular complexity index is 839. The summed E-state index contributed by atoms with van der Waals surface area (Å²) in [4.78, 5) is 25.8. The molecule has 1 atom stereocenters. The molecule has 0 saturated heterocycles. The molecule has 1 unspecified atom stereocenters. The number of ketones is 1. The number of rotatable bonds is 3. The number of carbonyl (C=O) groups is 2. The van der Waals surface area contributed by atoms with Crippen LogP contribution in [0, 0.1) is 6.92 Å². The third-order valence-electron chi connectivity index (χ3n) is 5.48. The molecule has 1 saturated carbocycles. The van der Waals surface area contributed by atoms with Gasteiger partial charge in [-0.3, -0.25) is 9.59 Å². The van der Waals surface area contributed by atoms with Gasteiger partial charge in [0, 0.05) is 0 Å². The van der Waals surface area contributed by atoms with Gasteiger partial charge in [0.15, 0.2) is 5.78 Å². The molecule has 1 fully saturated rings. The van der Waals surface area contributed by atoms with E-state index in [1.54, 1.807) is 12.1 Å². The molecule has 128 valence electrons. The minimum Gasteiger partial charge on any atom is -0.490 e. The summed E-state index contributed by atoms with van der Waals surface area (Å²) in [6.45, 7) is 2.22. The van der Waals surface area contributed by atoms with Gasteiger partial charge in [-0.05, 0) is 43.0 Å². The van der Waals surface area contributed by atoms with Gasteiger partial charge in [-0.2, -0.15) is 0 Å². The van der Waals surface area contributed by atoms with Crippen molar-refractivity contribution < 1.29 is 14.3 Å². The van der Waals surface area contributed by atoms with Crippen LogP contribution in [-0.2, 0) is 10.2 Å².